The first-order chi connectivity index (χ1) is 13.6. The molecule has 0 aliphatic rings. The molecule has 0 bridgehead atoms. The molecule has 2 aromatic rings. The van der Waals surface area contributed by atoms with Gasteiger partial charge in [0.2, 0.25) is 5.12 Å². The number of ether oxygens (including phenoxy) is 2. The number of rotatable bonds is 9. The molecule has 0 aliphatic carbocycles. The molecule has 1 heterocycles. The fourth-order valence-corrected chi connectivity index (χ4v) is 3.74. The quantitative estimate of drug-likeness (QED) is 0.574. The summed E-state index contributed by atoms with van der Waals surface area (Å²) in [6.07, 6.45) is 1.03. The van der Waals surface area contributed by atoms with E-state index in [9.17, 15) is 9.59 Å². The van der Waals surface area contributed by atoms with Crippen molar-refractivity contribution in [1.29, 1.82) is 0 Å². The van der Waals surface area contributed by atoms with Crippen LogP contribution < -0.4 is 0 Å². The number of pyridine rings is 1. The largest absolute Gasteiger partial charge is 0.462 e. The molecular formula is C22H27NO4S. The summed E-state index contributed by atoms with van der Waals surface area (Å²) in [5.41, 5.74) is 3.65. The normalized spacial score (nSPS) is 10.7. The van der Waals surface area contributed by atoms with Crippen LogP contribution in [0, 0.1) is 0 Å². The van der Waals surface area contributed by atoms with Crippen molar-refractivity contribution in [3.8, 4) is 11.3 Å². The molecule has 0 amide bonds. The molecule has 0 saturated heterocycles. The summed E-state index contributed by atoms with van der Waals surface area (Å²) in [4.78, 5) is 30.6. The molecule has 0 spiro atoms. The summed E-state index contributed by atoms with van der Waals surface area (Å²) >= 11 is 1.23. The van der Waals surface area contributed by atoms with Gasteiger partial charge in [-0.1, -0.05) is 55.9 Å². The lowest BCUT2D eigenvalue weighted by Crippen LogP contribution is -2.18. The average molecular weight is 402 g/mol. The van der Waals surface area contributed by atoms with Gasteiger partial charge in [-0.25, -0.2) is 4.79 Å². The van der Waals surface area contributed by atoms with E-state index in [1.807, 2.05) is 44.2 Å². The van der Waals surface area contributed by atoms with E-state index in [0.29, 0.717) is 53.3 Å². The van der Waals surface area contributed by atoms with Crippen LogP contribution in [0.2, 0.25) is 0 Å². The first kappa shape index (κ1) is 22.1. The number of esters is 1. The second-order valence-corrected chi connectivity index (χ2v) is 7.28. The van der Waals surface area contributed by atoms with Crippen LogP contribution in [0.3, 0.4) is 0 Å². The highest BCUT2D eigenvalue weighted by molar-refractivity contribution is 8.14. The third-order valence-electron chi connectivity index (χ3n) is 4.28. The lowest BCUT2D eigenvalue weighted by Gasteiger charge is -2.19. The molecule has 6 heteroatoms. The van der Waals surface area contributed by atoms with Crippen molar-refractivity contribution < 1.29 is 19.1 Å². The third kappa shape index (κ3) is 5.00. The molecular weight excluding hydrogens is 374 g/mol. The van der Waals surface area contributed by atoms with Gasteiger partial charge in [0.05, 0.1) is 35.7 Å². The van der Waals surface area contributed by atoms with Crippen LogP contribution in [0.5, 0.6) is 0 Å². The zero-order valence-electron chi connectivity index (χ0n) is 16.9. The molecule has 0 saturated carbocycles. The number of thioether (sulfide) groups is 1. The molecule has 0 unspecified atom stereocenters. The Bertz CT molecular complexity index is 821. The van der Waals surface area contributed by atoms with Gasteiger partial charge in [0.1, 0.15) is 0 Å². The highest BCUT2D eigenvalue weighted by Crippen LogP contribution is 2.32. The minimum Gasteiger partial charge on any atom is -0.462 e. The second kappa shape index (κ2) is 11.0. The van der Waals surface area contributed by atoms with Crippen molar-refractivity contribution in [2.24, 2.45) is 0 Å². The Kier molecular flexibility index (Phi) is 8.67. The van der Waals surface area contributed by atoms with Crippen LogP contribution >= 0.6 is 11.8 Å². The lowest BCUT2D eigenvalue weighted by atomic mass is 9.93. The van der Waals surface area contributed by atoms with Gasteiger partial charge in [0, 0.05) is 19.1 Å². The van der Waals surface area contributed by atoms with Crippen molar-refractivity contribution in [3.05, 3.63) is 52.7 Å². The summed E-state index contributed by atoms with van der Waals surface area (Å²) in [7, 11) is 1.62. The number of hydrogen-bond donors (Lipinski definition) is 0. The van der Waals surface area contributed by atoms with Gasteiger partial charge in [0.15, 0.2) is 0 Å². The zero-order valence-corrected chi connectivity index (χ0v) is 17.7. The highest BCUT2D eigenvalue weighted by atomic mass is 32.2. The lowest BCUT2D eigenvalue weighted by molar-refractivity contribution is 0.0525. The summed E-state index contributed by atoms with van der Waals surface area (Å²) in [6.45, 7) is 6.35. The molecule has 150 valence electrons. The number of methoxy groups -OCH3 is 1. The van der Waals surface area contributed by atoms with E-state index < -0.39 is 5.97 Å². The molecule has 1 aromatic heterocycles. The van der Waals surface area contributed by atoms with Gasteiger partial charge in [-0.05, 0) is 24.7 Å². The van der Waals surface area contributed by atoms with Crippen molar-refractivity contribution in [3.63, 3.8) is 0 Å². The molecule has 2 rings (SSSR count). The number of benzene rings is 1. The van der Waals surface area contributed by atoms with E-state index in [1.54, 1.807) is 14.0 Å². The Morgan fingerprint density at radius 1 is 1.07 bits per heavy atom. The first-order valence-electron chi connectivity index (χ1n) is 9.53. The van der Waals surface area contributed by atoms with Crippen LogP contribution in [0.25, 0.3) is 11.3 Å². The fourth-order valence-electron chi connectivity index (χ4n) is 3.09. The average Bonchev–Trinajstić information content (AvgIpc) is 2.71. The number of aromatic nitrogens is 1. The molecule has 0 atom stereocenters. The predicted octanol–water partition coefficient (Wildman–Crippen LogP) is 4.57. The third-order valence-corrected chi connectivity index (χ3v) is 5.03. The number of carbonyl (C=O) groups excluding carboxylic acids is 2. The van der Waals surface area contributed by atoms with Crippen LogP contribution in [0.4, 0.5) is 0 Å². The number of hydrogen-bond acceptors (Lipinski definition) is 6. The van der Waals surface area contributed by atoms with E-state index >= 15 is 0 Å². The van der Waals surface area contributed by atoms with Gasteiger partial charge in [-0.3, -0.25) is 9.78 Å². The molecule has 0 aliphatic heterocycles. The zero-order chi connectivity index (χ0) is 20.5. The molecule has 28 heavy (non-hydrogen) atoms. The van der Waals surface area contributed by atoms with Crippen molar-refractivity contribution in [1.82, 2.24) is 4.98 Å². The predicted molar refractivity (Wildman–Crippen MR) is 113 cm³/mol. The first-order valence-corrected chi connectivity index (χ1v) is 10.5. The van der Waals surface area contributed by atoms with Crippen molar-refractivity contribution >= 4 is 22.8 Å². The summed E-state index contributed by atoms with van der Waals surface area (Å²) in [5.74, 6) is 0.209. The topological polar surface area (TPSA) is 65.5 Å². The van der Waals surface area contributed by atoms with Crippen LogP contribution in [-0.4, -0.2) is 42.1 Å². The maximum Gasteiger partial charge on any atom is 0.340 e. The molecule has 0 fully saturated rings. The SMILES string of the molecule is CCOC(=O)c1c(-c2ccccc2)nc(CCOC)c(C(=O)SCC)c1CC. The van der Waals surface area contributed by atoms with Gasteiger partial charge >= 0.3 is 5.97 Å². The van der Waals surface area contributed by atoms with E-state index in [4.69, 9.17) is 14.5 Å². The van der Waals surface area contributed by atoms with E-state index in [-0.39, 0.29) is 11.7 Å². The summed E-state index contributed by atoms with van der Waals surface area (Å²) < 4.78 is 10.6. The summed E-state index contributed by atoms with van der Waals surface area (Å²) in [6, 6.07) is 9.53. The van der Waals surface area contributed by atoms with E-state index in [1.165, 1.54) is 11.8 Å². The monoisotopic (exact) mass is 401 g/mol. The molecule has 5 nitrogen and oxygen atoms in total. The van der Waals surface area contributed by atoms with Crippen LogP contribution in [-0.2, 0) is 22.3 Å². The maximum absolute atomic E-state index is 12.9. The van der Waals surface area contributed by atoms with E-state index in [0.717, 1.165) is 5.56 Å². The number of nitrogens with zero attached hydrogens (tertiary/aromatic N) is 1. The standard InChI is InChI=1S/C22H27NO4S/c1-5-16-18(22(25)28-7-3)17(13-14-26-4)23-20(15-11-9-8-10-12-15)19(16)21(24)27-6-2/h8-12H,5-7,13-14H2,1-4H3. The Balaban J connectivity index is 2.83. The Morgan fingerprint density at radius 3 is 2.36 bits per heavy atom. The van der Waals surface area contributed by atoms with Crippen molar-refractivity contribution in [2.45, 2.75) is 33.6 Å². The highest BCUT2D eigenvalue weighted by Gasteiger charge is 2.28. The van der Waals surface area contributed by atoms with Gasteiger partial charge in [0.25, 0.3) is 0 Å². The van der Waals surface area contributed by atoms with Gasteiger partial charge < -0.3 is 9.47 Å². The van der Waals surface area contributed by atoms with Gasteiger partial charge in [-0.2, -0.15) is 0 Å². The molecule has 0 N–H and O–H groups in total. The molecule has 1 aromatic carbocycles. The van der Waals surface area contributed by atoms with Crippen LogP contribution in [0.1, 0.15) is 52.7 Å². The van der Waals surface area contributed by atoms with Gasteiger partial charge in [-0.15, -0.1) is 0 Å². The van der Waals surface area contributed by atoms with Crippen molar-refractivity contribution in [2.75, 3.05) is 26.1 Å². The fraction of sp³-hybridized carbons (Fsp3) is 0.409. The number of carbonyl (C=O) groups is 2. The Hall–Kier alpha value is -2.18. The maximum atomic E-state index is 12.9. The minimum absolute atomic E-state index is 0.0666. The second-order valence-electron chi connectivity index (χ2n) is 6.04. The Morgan fingerprint density at radius 2 is 1.79 bits per heavy atom. The smallest absolute Gasteiger partial charge is 0.340 e. The Labute approximate surface area is 170 Å². The van der Waals surface area contributed by atoms with E-state index in [2.05, 4.69) is 0 Å². The minimum atomic E-state index is -0.445. The molecule has 0 radical (unpaired) electrons. The van der Waals surface area contributed by atoms with Crippen LogP contribution in [0.15, 0.2) is 30.3 Å². The summed E-state index contributed by atoms with van der Waals surface area (Å²) in [5, 5.41) is -0.0666.